The summed E-state index contributed by atoms with van der Waals surface area (Å²) < 4.78 is 6.74. The standard InChI is InChI=1S/C42H44O/c1-2-3-4-5-6-7-8-15-28-43-32-42(39-25-22-33-16-9-12-19-36(33)29-39,40-26-23-34-17-10-13-20-37(34)30-40)41-27-24-35-18-11-14-21-38(35)31-41/h9-14,16-27,29-31H,2-8,15,28,32H2,1H3. The van der Waals surface area contributed by atoms with Crippen LogP contribution >= 0.6 is 0 Å². The Morgan fingerprint density at radius 3 is 1.21 bits per heavy atom. The highest BCUT2D eigenvalue weighted by Crippen LogP contribution is 2.42. The Balaban J connectivity index is 1.40. The molecule has 43 heavy (non-hydrogen) atoms. The quantitative estimate of drug-likeness (QED) is 0.0944. The highest BCUT2D eigenvalue weighted by Gasteiger charge is 2.37. The molecule has 6 rings (SSSR count). The smallest absolute Gasteiger partial charge is 0.0685 e. The molecule has 0 atom stereocenters. The molecule has 218 valence electrons. The molecule has 6 aromatic rings. The topological polar surface area (TPSA) is 9.23 Å². The van der Waals surface area contributed by atoms with Gasteiger partial charge in [-0.3, -0.25) is 0 Å². The Kier molecular flexibility index (Phi) is 9.50. The highest BCUT2D eigenvalue weighted by molar-refractivity contribution is 5.87. The van der Waals surface area contributed by atoms with Gasteiger partial charge in [-0.15, -0.1) is 0 Å². The van der Waals surface area contributed by atoms with Crippen molar-refractivity contribution in [3.63, 3.8) is 0 Å². The minimum Gasteiger partial charge on any atom is -0.380 e. The lowest BCUT2D eigenvalue weighted by molar-refractivity contribution is 0.104. The number of fused-ring (bicyclic) bond motifs is 3. The summed E-state index contributed by atoms with van der Waals surface area (Å²) >= 11 is 0. The maximum Gasteiger partial charge on any atom is 0.0685 e. The largest absolute Gasteiger partial charge is 0.380 e. The molecule has 0 unspecified atom stereocenters. The molecule has 0 bridgehead atoms. The first-order valence-electron chi connectivity index (χ1n) is 16.3. The van der Waals surface area contributed by atoms with Crippen molar-refractivity contribution in [2.45, 2.75) is 63.7 Å². The summed E-state index contributed by atoms with van der Waals surface area (Å²) in [6.07, 6.45) is 10.4. The zero-order valence-corrected chi connectivity index (χ0v) is 25.6. The summed E-state index contributed by atoms with van der Waals surface area (Å²) in [5.41, 5.74) is 3.35. The van der Waals surface area contributed by atoms with Gasteiger partial charge in [0.2, 0.25) is 0 Å². The molecule has 1 nitrogen and oxygen atoms in total. The Morgan fingerprint density at radius 2 is 0.791 bits per heavy atom. The van der Waals surface area contributed by atoms with E-state index in [0.29, 0.717) is 6.61 Å². The van der Waals surface area contributed by atoms with Crippen LogP contribution in [0.15, 0.2) is 127 Å². The minimum absolute atomic E-state index is 0.460. The number of hydrogen-bond acceptors (Lipinski definition) is 1. The molecule has 0 heterocycles. The SMILES string of the molecule is CCCCCCCCCCOCC(c1ccc2ccccc2c1)(c1ccc2ccccc2c1)c1ccc2ccccc2c1. The second-order valence-corrected chi connectivity index (χ2v) is 12.1. The van der Waals surface area contributed by atoms with E-state index in [2.05, 4.69) is 134 Å². The third-order valence-electron chi connectivity index (χ3n) is 9.19. The predicted octanol–water partition coefficient (Wildman–Crippen LogP) is 11.6. The van der Waals surface area contributed by atoms with Crippen molar-refractivity contribution in [2.75, 3.05) is 13.2 Å². The van der Waals surface area contributed by atoms with Crippen molar-refractivity contribution in [1.82, 2.24) is 0 Å². The number of hydrogen-bond donors (Lipinski definition) is 0. The highest BCUT2D eigenvalue weighted by atomic mass is 16.5. The van der Waals surface area contributed by atoms with Gasteiger partial charge in [-0.1, -0.05) is 161 Å². The number of ether oxygens (including phenoxy) is 1. The first-order valence-corrected chi connectivity index (χ1v) is 16.3. The van der Waals surface area contributed by atoms with Gasteiger partial charge in [0.25, 0.3) is 0 Å². The van der Waals surface area contributed by atoms with E-state index in [1.807, 2.05) is 0 Å². The first-order chi connectivity index (χ1) is 21.3. The van der Waals surface area contributed by atoms with Gasteiger partial charge in [0.1, 0.15) is 0 Å². The molecule has 0 aliphatic carbocycles. The van der Waals surface area contributed by atoms with Crippen LogP contribution in [0.3, 0.4) is 0 Å². The van der Waals surface area contributed by atoms with Gasteiger partial charge < -0.3 is 4.74 Å². The van der Waals surface area contributed by atoms with Gasteiger partial charge in [0, 0.05) is 6.61 Å². The zero-order chi connectivity index (χ0) is 29.3. The van der Waals surface area contributed by atoms with Crippen LogP contribution in [0, 0.1) is 0 Å². The van der Waals surface area contributed by atoms with E-state index in [-0.39, 0.29) is 0 Å². The van der Waals surface area contributed by atoms with E-state index in [9.17, 15) is 0 Å². The maximum absolute atomic E-state index is 6.74. The van der Waals surface area contributed by atoms with Crippen LogP contribution in [-0.4, -0.2) is 13.2 Å². The van der Waals surface area contributed by atoms with Crippen LogP contribution < -0.4 is 0 Å². The van der Waals surface area contributed by atoms with Gasteiger partial charge in [-0.2, -0.15) is 0 Å². The molecule has 0 spiro atoms. The Labute approximate surface area is 257 Å². The van der Waals surface area contributed by atoms with Crippen LogP contribution in [-0.2, 0) is 10.2 Å². The normalized spacial score (nSPS) is 11.9. The first kappa shape index (κ1) is 29.1. The summed E-state index contributed by atoms with van der Waals surface area (Å²) in [4.78, 5) is 0. The maximum atomic E-state index is 6.74. The van der Waals surface area contributed by atoms with Gasteiger partial charge in [0.05, 0.1) is 12.0 Å². The summed E-state index contributed by atoms with van der Waals surface area (Å²) in [5.74, 6) is 0. The number of rotatable bonds is 14. The number of benzene rings is 6. The molecular formula is C42H44O. The van der Waals surface area contributed by atoms with Crippen LogP contribution in [0.2, 0.25) is 0 Å². The summed E-state index contributed by atoms with van der Waals surface area (Å²) in [7, 11) is 0. The second-order valence-electron chi connectivity index (χ2n) is 12.1. The van der Waals surface area contributed by atoms with E-state index in [1.165, 1.54) is 94.0 Å². The monoisotopic (exact) mass is 564 g/mol. The van der Waals surface area contributed by atoms with Crippen LogP contribution in [0.25, 0.3) is 32.3 Å². The van der Waals surface area contributed by atoms with Gasteiger partial charge in [-0.05, 0) is 73.6 Å². The molecule has 0 fully saturated rings. The van der Waals surface area contributed by atoms with Crippen molar-refractivity contribution in [1.29, 1.82) is 0 Å². The van der Waals surface area contributed by atoms with Gasteiger partial charge in [0.15, 0.2) is 0 Å². The molecule has 0 radical (unpaired) electrons. The lowest BCUT2D eigenvalue weighted by atomic mass is 9.69. The Hall–Kier alpha value is -3.94. The fourth-order valence-corrected chi connectivity index (χ4v) is 6.68. The Bertz CT molecular complexity index is 1590. The van der Waals surface area contributed by atoms with E-state index in [1.54, 1.807) is 0 Å². The predicted molar refractivity (Wildman–Crippen MR) is 185 cm³/mol. The van der Waals surface area contributed by atoms with E-state index in [0.717, 1.165) is 13.0 Å². The van der Waals surface area contributed by atoms with E-state index in [4.69, 9.17) is 4.74 Å². The zero-order valence-electron chi connectivity index (χ0n) is 25.6. The molecule has 0 aliphatic heterocycles. The molecule has 0 saturated carbocycles. The van der Waals surface area contributed by atoms with E-state index >= 15 is 0 Å². The molecule has 0 saturated heterocycles. The fraction of sp³-hybridized carbons (Fsp3) is 0.286. The average molecular weight is 565 g/mol. The van der Waals surface area contributed by atoms with Crippen LogP contribution in [0.4, 0.5) is 0 Å². The molecule has 1 heteroatoms. The molecule has 0 aliphatic rings. The molecule has 0 N–H and O–H groups in total. The average Bonchev–Trinajstić information content (AvgIpc) is 3.07. The minimum atomic E-state index is -0.460. The Morgan fingerprint density at radius 1 is 0.419 bits per heavy atom. The van der Waals surface area contributed by atoms with Crippen LogP contribution in [0.1, 0.15) is 75.0 Å². The van der Waals surface area contributed by atoms with Gasteiger partial charge >= 0.3 is 0 Å². The molecule has 0 aromatic heterocycles. The van der Waals surface area contributed by atoms with Crippen LogP contribution in [0.5, 0.6) is 0 Å². The van der Waals surface area contributed by atoms with Crippen molar-refractivity contribution in [3.8, 4) is 0 Å². The number of unbranched alkanes of at least 4 members (excludes halogenated alkanes) is 7. The molecular weight excluding hydrogens is 520 g/mol. The van der Waals surface area contributed by atoms with Crippen molar-refractivity contribution in [2.24, 2.45) is 0 Å². The molecule has 0 amide bonds. The summed E-state index contributed by atoms with van der Waals surface area (Å²) in [6, 6.07) is 47.0. The third-order valence-corrected chi connectivity index (χ3v) is 9.19. The van der Waals surface area contributed by atoms with E-state index < -0.39 is 5.41 Å². The molecule has 6 aromatic carbocycles. The summed E-state index contributed by atoms with van der Waals surface area (Å²) in [6.45, 7) is 3.66. The second kappa shape index (κ2) is 14.0. The van der Waals surface area contributed by atoms with Crippen molar-refractivity contribution < 1.29 is 4.74 Å². The third kappa shape index (κ3) is 6.53. The lowest BCUT2D eigenvalue weighted by Gasteiger charge is -2.36. The fourth-order valence-electron chi connectivity index (χ4n) is 6.68. The van der Waals surface area contributed by atoms with Crippen molar-refractivity contribution in [3.05, 3.63) is 144 Å². The van der Waals surface area contributed by atoms with Crippen molar-refractivity contribution >= 4 is 32.3 Å². The summed E-state index contributed by atoms with van der Waals surface area (Å²) in [5, 5.41) is 7.56. The lowest BCUT2D eigenvalue weighted by Crippen LogP contribution is -2.35. The van der Waals surface area contributed by atoms with Gasteiger partial charge in [-0.25, -0.2) is 0 Å².